The first-order chi connectivity index (χ1) is 12.6. The van der Waals surface area contributed by atoms with Gasteiger partial charge in [0, 0.05) is 17.0 Å². The average Bonchev–Trinajstić information content (AvgIpc) is 2.63. The van der Waals surface area contributed by atoms with E-state index in [9.17, 15) is 14.4 Å². The Morgan fingerprint density at radius 2 is 1.88 bits per heavy atom. The van der Waals surface area contributed by atoms with Crippen molar-refractivity contribution in [2.24, 2.45) is 0 Å². The summed E-state index contributed by atoms with van der Waals surface area (Å²) in [4.78, 5) is 37.0. The molecule has 1 atom stereocenters. The maximum absolute atomic E-state index is 12.3. The van der Waals surface area contributed by atoms with Gasteiger partial charge in [-0.3, -0.25) is 9.59 Å². The number of hydrogen-bond acceptors (Lipinski definition) is 5. The third kappa shape index (κ3) is 4.23. The normalized spacial score (nSPS) is 15.6. The Labute approximate surface area is 155 Å². The number of amides is 2. The molecule has 1 heterocycles. The second-order valence-corrected chi connectivity index (χ2v) is 6.89. The van der Waals surface area contributed by atoms with Crippen molar-refractivity contribution >= 4 is 40.9 Å². The van der Waals surface area contributed by atoms with Crippen molar-refractivity contribution in [1.29, 1.82) is 0 Å². The summed E-state index contributed by atoms with van der Waals surface area (Å²) in [5.74, 6) is -0.846. The predicted octanol–water partition coefficient (Wildman–Crippen LogP) is 3.30. The molecule has 0 saturated heterocycles. The lowest BCUT2D eigenvalue weighted by Crippen LogP contribution is -2.32. The van der Waals surface area contributed by atoms with Crippen molar-refractivity contribution in [1.82, 2.24) is 0 Å². The number of rotatable bonds is 5. The molecule has 0 fully saturated rings. The van der Waals surface area contributed by atoms with Crippen LogP contribution in [-0.2, 0) is 14.3 Å². The number of carbonyl (C=O) groups is 3. The second-order valence-electron chi connectivity index (χ2n) is 5.64. The number of anilines is 2. The second kappa shape index (κ2) is 8.05. The van der Waals surface area contributed by atoms with Gasteiger partial charge in [0.05, 0.1) is 23.1 Å². The lowest BCUT2D eigenvalue weighted by Gasteiger charge is -2.23. The van der Waals surface area contributed by atoms with E-state index in [-0.39, 0.29) is 18.2 Å². The number of carbonyl (C=O) groups excluding carboxylic acids is 3. The molecule has 2 N–H and O–H groups in total. The smallest absolute Gasteiger partial charge is 0.338 e. The summed E-state index contributed by atoms with van der Waals surface area (Å²) in [6, 6.07) is 13.9. The number of thioether (sulfide) groups is 1. The van der Waals surface area contributed by atoms with Gasteiger partial charge < -0.3 is 15.4 Å². The van der Waals surface area contributed by atoms with E-state index < -0.39 is 11.2 Å². The van der Waals surface area contributed by atoms with Crippen LogP contribution in [0.2, 0.25) is 0 Å². The minimum atomic E-state index is -0.483. The van der Waals surface area contributed by atoms with Crippen LogP contribution in [0.15, 0.2) is 53.4 Å². The molecule has 0 unspecified atom stereocenters. The topological polar surface area (TPSA) is 84.5 Å². The number of nitrogens with one attached hydrogen (secondary N) is 2. The molecule has 2 aromatic rings. The van der Waals surface area contributed by atoms with Crippen molar-refractivity contribution < 1.29 is 19.1 Å². The Hall–Kier alpha value is -2.80. The van der Waals surface area contributed by atoms with Crippen molar-refractivity contribution in [3.8, 4) is 0 Å². The van der Waals surface area contributed by atoms with Crippen molar-refractivity contribution in [3.63, 3.8) is 0 Å². The molecule has 134 valence electrons. The minimum absolute atomic E-state index is 0.0600. The fourth-order valence-corrected chi connectivity index (χ4v) is 3.62. The minimum Gasteiger partial charge on any atom is -0.462 e. The van der Waals surface area contributed by atoms with Crippen LogP contribution in [0.3, 0.4) is 0 Å². The Balaban J connectivity index is 1.59. The SMILES string of the molecule is CCOC(=O)c1ccc(NC(=O)C[C@H]2Sc3ccccc3NC2=O)cc1. The molecule has 1 aliphatic rings. The van der Waals surface area contributed by atoms with Gasteiger partial charge in [0.2, 0.25) is 11.8 Å². The van der Waals surface area contributed by atoms with E-state index in [1.165, 1.54) is 11.8 Å². The number of esters is 1. The standard InChI is InChI=1S/C19H18N2O4S/c1-2-25-19(24)12-7-9-13(10-8-12)20-17(22)11-16-18(23)21-14-5-3-4-6-15(14)26-16/h3-10,16H,2,11H2,1H3,(H,20,22)(H,21,23)/t16-/m1/s1. The Kier molecular flexibility index (Phi) is 5.58. The van der Waals surface area contributed by atoms with Crippen LogP contribution in [0.4, 0.5) is 11.4 Å². The van der Waals surface area contributed by atoms with E-state index in [1.54, 1.807) is 31.2 Å². The van der Waals surface area contributed by atoms with Crippen molar-refractivity contribution in [2.45, 2.75) is 23.5 Å². The molecule has 2 aromatic carbocycles. The van der Waals surface area contributed by atoms with Crippen molar-refractivity contribution in [3.05, 3.63) is 54.1 Å². The summed E-state index contributed by atoms with van der Waals surface area (Å²) in [6.07, 6.45) is 0.0600. The number of benzene rings is 2. The molecule has 3 rings (SSSR count). The zero-order valence-corrected chi connectivity index (χ0v) is 15.0. The van der Waals surface area contributed by atoms with Gasteiger partial charge in [-0.1, -0.05) is 12.1 Å². The molecule has 0 aliphatic carbocycles. The van der Waals surface area contributed by atoms with Crippen LogP contribution >= 0.6 is 11.8 Å². The average molecular weight is 370 g/mol. The van der Waals surface area contributed by atoms with Crippen LogP contribution in [0.1, 0.15) is 23.7 Å². The summed E-state index contributed by atoms with van der Waals surface area (Å²) < 4.78 is 4.92. The maximum Gasteiger partial charge on any atom is 0.338 e. The van der Waals surface area contributed by atoms with Gasteiger partial charge in [0.15, 0.2) is 0 Å². The van der Waals surface area contributed by atoms with Gasteiger partial charge >= 0.3 is 5.97 Å². The Morgan fingerprint density at radius 3 is 2.62 bits per heavy atom. The summed E-state index contributed by atoms with van der Waals surface area (Å²) in [7, 11) is 0. The molecule has 7 heteroatoms. The van der Waals surface area contributed by atoms with Crippen LogP contribution in [0.25, 0.3) is 0 Å². The molecule has 26 heavy (non-hydrogen) atoms. The van der Waals surface area contributed by atoms with Gasteiger partial charge in [-0.2, -0.15) is 0 Å². The van der Waals surface area contributed by atoms with Gasteiger partial charge in [-0.25, -0.2) is 4.79 Å². The zero-order chi connectivity index (χ0) is 18.5. The highest BCUT2D eigenvalue weighted by molar-refractivity contribution is 8.01. The van der Waals surface area contributed by atoms with Crippen LogP contribution in [0.5, 0.6) is 0 Å². The van der Waals surface area contributed by atoms with E-state index in [1.807, 2.05) is 24.3 Å². The lowest BCUT2D eigenvalue weighted by molar-refractivity contribution is -0.120. The molecular formula is C19H18N2O4S. The summed E-state index contributed by atoms with van der Waals surface area (Å²) in [6.45, 7) is 2.05. The highest BCUT2D eigenvalue weighted by atomic mass is 32.2. The monoisotopic (exact) mass is 370 g/mol. The molecule has 0 radical (unpaired) electrons. The quantitative estimate of drug-likeness (QED) is 0.789. The molecule has 2 amide bonds. The third-order valence-electron chi connectivity index (χ3n) is 3.76. The largest absolute Gasteiger partial charge is 0.462 e. The predicted molar refractivity (Wildman–Crippen MR) is 100 cm³/mol. The summed E-state index contributed by atoms with van der Waals surface area (Å²) >= 11 is 1.38. The van der Waals surface area contributed by atoms with Crippen molar-refractivity contribution in [2.75, 3.05) is 17.2 Å². The van der Waals surface area contributed by atoms with E-state index >= 15 is 0 Å². The number of fused-ring (bicyclic) bond motifs is 1. The van der Waals surface area contributed by atoms with Gasteiger partial charge in [-0.15, -0.1) is 11.8 Å². The van der Waals surface area contributed by atoms with E-state index in [4.69, 9.17) is 4.74 Å². The van der Waals surface area contributed by atoms with E-state index in [2.05, 4.69) is 10.6 Å². The van der Waals surface area contributed by atoms with E-state index in [0.29, 0.717) is 17.9 Å². The molecule has 6 nitrogen and oxygen atoms in total. The van der Waals surface area contributed by atoms with Gasteiger partial charge in [0.25, 0.3) is 0 Å². The summed E-state index contributed by atoms with van der Waals surface area (Å²) in [5, 5.41) is 5.08. The first-order valence-electron chi connectivity index (χ1n) is 8.20. The first kappa shape index (κ1) is 18.0. The van der Waals surface area contributed by atoms with Crippen LogP contribution in [-0.4, -0.2) is 29.6 Å². The molecular weight excluding hydrogens is 352 g/mol. The maximum atomic E-state index is 12.3. The highest BCUT2D eigenvalue weighted by Gasteiger charge is 2.28. The Morgan fingerprint density at radius 1 is 1.15 bits per heavy atom. The van der Waals surface area contributed by atoms with Gasteiger partial charge in [-0.05, 0) is 43.3 Å². The number of ether oxygens (including phenoxy) is 1. The van der Waals surface area contributed by atoms with Crippen LogP contribution in [0, 0.1) is 0 Å². The molecule has 0 aromatic heterocycles. The van der Waals surface area contributed by atoms with Crippen LogP contribution < -0.4 is 10.6 Å². The highest BCUT2D eigenvalue weighted by Crippen LogP contribution is 2.36. The fraction of sp³-hybridized carbons (Fsp3) is 0.211. The lowest BCUT2D eigenvalue weighted by atomic mass is 10.2. The Bertz CT molecular complexity index is 836. The van der Waals surface area contributed by atoms with E-state index in [0.717, 1.165) is 10.6 Å². The third-order valence-corrected chi connectivity index (χ3v) is 5.03. The summed E-state index contributed by atoms with van der Waals surface area (Å²) in [5.41, 5.74) is 1.75. The van der Waals surface area contributed by atoms with Gasteiger partial charge in [0.1, 0.15) is 0 Å². The number of para-hydroxylation sites is 1. The molecule has 0 spiro atoms. The fourth-order valence-electron chi connectivity index (χ4n) is 2.51. The first-order valence-corrected chi connectivity index (χ1v) is 9.08. The molecule has 1 aliphatic heterocycles. The molecule has 0 bridgehead atoms. The zero-order valence-electron chi connectivity index (χ0n) is 14.2. The number of hydrogen-bond donors (Lipinski definition) is 2. The molecule has 0 saturated carbocycles.